The van der Waals surface area contributed by atoms with Gasteiger partial charge in [-0.2, -0.15) is 4.31 Å². The van der Waals surface area contributed by atoms with Gasteiger partial charge in [0, 0.05) is 32.7 Å². The van der Waals surface area contributed by atoms with Crippen molar-refractivity contribution in [1.82, 2.24) is 25.0 Å². The quantitative estimate of drug-likeness (QED) is 0.666. The number of aryl methyl sites for hydroxylation is 2. The van der Waals surface area contributed by atoms with Crippen LogP contribution in [0, 0.1) is 19.7 Å². The number of urea groups is 1. The summed E-state index contributed by atoms with van der Waals surface area (Å²) in [6, 6.07) is 5.17. The lowest BCUT2D eigenvalue weighted by molar-refractivity contribution is -0.131. The molecule has 0 bridgehead atoms. The third kappa shape index (κ3) is 5.39. The van der Waals surface area contributed by atoms with E-state index in [9.17, 15) is 22.4 Å². The Hall–Kier alpha value is -2.99. The first-order chi connectivity index (χ1) is 14.7. The Kier molecular flexibility index (Phi) is 6.91. The van der Waals surface area contributed by atoms with E-state index in [1.54, 1.807) is 26.0 Å². The lowest BCUT2D eigenvalue weighted by Gasteiger charge is -2.34. The molecule has 2 N–H and O–H groups in total. The molecule has 31 heavy (non-hydrogen) atoms. The molecule has 1 fully saturated rings. The van der Waals surface area contributed by atoms with E-state index in [0.717, 1.165) is 5.56 Å². The van der Waals surface area contributed by atoms with Crippen LogP contribution < -0.4 is 10.6 Å². The summed E-state index contributed by atoms with van der Waals surface area (Å²) in [6.45, 7) is 3.77. The van der Waals surface area contributed by atoms with E-state index in [-0.39, 0.29) is 61.6 Å². The summed E-state index contributed by atoms with van der Waals surface area (Å²) in [5.74, 6) is -0.448. The van der Waals surface area contributed by atoms with E-state index in [1.807, 2.05) is 0 Å². The number of carbonyl (C=O) groups is 2. The molecule has 0 unspecified atom stereocenters. The van der Waals surface area contributed by atoms with Gasteiger partial charge in [-0.3, -0.25) is 4.79 Å². The molecule has 0 atom stereocenters. The molecular weight excluding hydrogens is 429 g/mol. The second kappa shape index (κ2) is 9.43. The van der Waals surface area contributed by atoms with Gasteiger partial charge in [-0.15, -0.1) is 0 Å². The number of nitrogens with one attached hydrogen (secondary N) is 2. The van der Waals surface area contributed by atoms with Crippen molar-refractivity contribution in [2.45, 2.75) is 25.3 Å². The van der Waals surface area contributed by atoms with E-state index in [4.69, 9.17) is 4.52 Å². The van der Waals surface area contributed by atoms with Crippen molar-refractivity contribution in [3.63, 3.8) is 0 Å². The monoisotopic (exact) mass is 453 g/mol. The number of hydrogen-bond donors (Lipinski definition) is 2. The summed E-state index contributed by atoms with van der Waals surface area (Å²) in [4.78, 5) is 25.8. The van der Waals surface area contributed by atoms with Gasteiger partial charge in [0.1, 0.15) is 16.4 Å². The Bertz CT molecular complexity index is 1030. The third-order valence-corrected chi connectivity index (χ3v) is 7.07. The van der Waals surface area contributed by atoms with Crippen molar-refractivity contribution < 1.29 is 26.9 Å². The van der Waals surface area contributed by atoms with Gasteiger partial charge in [-0.05, 0) is 31.5 Å². The van der Waals surface area contributed by atoms with E-state index in [2.05, 4.69) is 15.8 Å². The Morgan fingerprint density at radius 3 is 2.32 bits per heavy atom. The molecule has 0 radical (unpaired) electrons. The number of nitrogens with zero attached hydrogens (tertiary/aromatic N) is 3. The summed E-state index contributed by atoms with van der Waals surface area (Å²) in [7, 11) is -3.76. The fraction of sp³-hybridized carbons (Fsp3) is 0.421. The van der Waals surface area contributed by atoms with Crippen LogP contribution in [0.2, 0.25) is 0 Å². The Labute approximate surface area is 179 Å². The predicted octanol–water partition coefficient (Wildman–Crippen LogP) is 0.763. The fourth-order valence-electron chi connectivity index (χ4n) is 3.26. The Balaban J connectivity index is 1.45. The normalized spacial score (nSPS) is 15.0. The first kappa shape index (κ1) is 22.7. The van der Waals surface area contributed by atoms with Crippen molar-refractivity contribution in [3.8, 4) is 0 Å². The highest BCUT2D eigenvalue weighted by Gasteiger charge is 2.34. The molecule has 0 aliphatic carbocycles. The zero-order chi connectivity index (χ0) is 22.6. The van der Waals surface area contributed by atoms with Gasteiger partial charge in [0.05, 0.1) is 6.54 Å². The standard InChI is InChI=1S/C19H24FN5O5S/c1-13-18(14(2)30-23-13)31(28,29)25-9-7-24(8-10-25)17(26)12-22-19(27)21-11-15-3-5-16(20)6-4-15/h3-6H,7-12H2,1-2H3,(H2,21,22,27). The molecule has 1 aromatic heterocycles. The van der Waals surface area contributed by atoms with Gasteiger partial charge in [0.25, 0.3) is 0 Å². The number of hydrogen-bond acceptors (Lipinski definition) is 6. The van der Waals surface area contributed by atoms with E-state index < -0.39 is 16.1 Å². The predicted molar refractivity (Wildman–Crippen MR) is 108 cm³/mol. The maximum Gasteiger partial charge on any atom is 0.315 e. The van der Waals surface area contributed by atoms with Crippen molar-refractivity contribution in [2.24, 2.45) is 0 Å². The number of carbonyl (C=O) groups excluding carboxylic acids is 2. The van der Waals surface area contributed by atoms with Gasteiger partial charge in [0.2, 0.25) is 15.9 Å². The molecule has 2 aromatic rings. The Morgan fingerprint density at radius 1 is 1.10 bits per heavy atom. The van der Waals surface area contributed by atoms with E-state index >= 15 is 0 Å². The Morgan fingerprint density at radius 2 is 1.74 bits per heavy atom. The molecule has 0 spiro atoms. The van der Waals surface area contributed by atoms with Gasteiger partial charge in [-0.25, -0.2) is 17.6 Å². The van der Waals surface area contributed by atoms with Gasteiger partial charge < -0.3 is 20.1 Å². The smallest absolute Gasteiger partial charge is 0.315 e. The molecule has 10 nitrogen and oxygen atoms in total. The highest BCUT2D eigenvalue weighted by atomic mass is 32.2. The first-order valence-electron chi connectivity index (χ1n) is 9.65. The van der Waals surface area contributed by atoms with Crippen molar-refractivity contribution in [1.29, 1.82) is 0 Å². The molecule has 168 valence electrons. The molecule has 1 aliphatic heterocycles. The molecular formula is C19H24FN5O5S. The van der Waals surface area contributed by atoms with Crippen LogP contribution in [0.15, 0.2) is 33.7 Å². The van der Waals surface area contributed by atoms with Gasteiger partial charge >= 0.3 is 6.03 Å². The molecule has 0 saturated carbocycles. The average Bonchev–Trinajstić information content (AvgIpc) is 3.10. The van der Waals surface area contributed by atoms with Gasteiger partial charge in [0.15, 0.2) is 5.76 Å². The second-order valence-electron chi connectivity index (χ2n) is 7.10. The number of aromatic nitrogens is 1. The number of rotatable bonds is 6. The van der Waals surface area contributed by atoms with E-state index in [1.165, 1.54) is 21.3 Å². The van der Waals surface area contributed by atoms with Crippen LogP contribution in [0.5, 0.6) is 0 Å². The summed E-state index contributed by atoms with van der Waals surface area (Å²) in [6.07, 6.45) is 0. The zero-order valence-electron chi connectivity index (χ0n) is 17.2. The second-order valence-corrected chi connectivity index (χ2v) is 8.98. The van der Waals surface area contributed by atoms with Crippen LogP contribution in [0.3, 0.4) is 0 Å². The minimum atomic E-state index is -3.76. The molecule has 1 saturated heterocycles. The average molecular weight is 453 g/mol. The number of amides is 3. The van der Waals surface area contributed by atoms with Crippen LogP contribution in [-0.2, 0) is 21.4 Å². The molecule has 1 aliphatic rings. The number of piperazine rings is 1. The van der Waals surface area contributed by atoms with Crippen molar-refractivity contribution in [2.75, 3.05) is 32.7 Å². The highest BCUT2D eigenvalue weighted by molar-refractivity contribution is 7.89. The summed E-state index contributed by atoms with van der Waals surface area (Å²) < 4.78 is 44.8. The third-order valence-electron chi connectivity index (χ3n) is 4.92. The highest BCUT2D eigenvalue weighted by Crippen LogP contribution is 2.24. The minimum absolute atomic E-state index is 0.0618. The van der Waals surface area contributed by atoms with Crippen molar-refractivity contribution >= 4 is 22.0 Å². The maximum absolute atomic E-state index is 12.9. The lowest BCUT2D eigenvalue weighted by Crippen LogP contribution is -2.53. The molecule has 3 rings (SSSR count). The van der Waals surface area contributed by atoms with Gasteiger partial charge in [-0.1, -0.05) is 17.3 Å². The maximum atomic E-state index is 12.9. The van der Waals surface area contributed by atoms with Crippen LogP contribution in [0.25, 0.3) is 0 Å². The number of halogens is 1. The van der Waals surface area contributed by atoms with E-state index in [0.29, 0.717) is 5.69 Å². The molecule has 12 heteroatoms. The lowest BCUT2D eigenvalue weighted by atomic mass is 10.2. The topological polar surface area (TPSA) is 125 Å². The van der Waals surface area contributed by atoms with Crippen molar-refractivity contribution in [3.05, 3.63) is 47.1 Å². The fourth-order valence-corrected chi connectivity index (χ4v) is 4.98. The number of sulfonamides is 1. The molecule has 3 amide bonds. The van der Waals surface area contributed by atoms with Crippen LogP contribution in [0.4, 0.5) is 9.18 Å². The largest absolute Gasteiger partial charge is 0.360 e. The summed E-state index contributed by atoms with van der Waals surface area (Å²) in [5, 5.41) is 8.75. The molecule has 2 heterocycles. The van der Waals surface area contributed by atoms with Crippen LogP contribution in [0.1, 0.15) is 17.0 Å². The SMILES string of the molecule is Cc1noc(C)c1S(=O)(=O)N1CCN(C(=O)CNC(=O)NCc2ccc(F)cc2)CC1. The molecule has 1 aromatic carbocycles. The van der Waals surface area contributed by atoms with Crippen LogP contribution in [-0.4, -0.2) is 67.4 Å². The first-order valence-corrected chi connectivity index (χ1v) is 11.1. The summed E-state index contributed by atoms with van der Waals surface area (Å²) in [5.41, 5.74) is 1.02. The zero-order valence-corrected chi connectivity index (χ0v) is 18.0. The minimum Gasteiger partial charge on any atom is -0.360 e. The van der Waals surface area contributed by atoms with Crippen LogP contribution >= 0.6 is 0 Å². The summed E-state index contributed by atoms with van der Waals surface area (Å²) >= 11 is 0. The number of benzene rings is 1.